The molecule has 1 aromatic heterocycles. The van der Waals surface area contributed by atoms with Gasteiger partial charge < -0.3 is 10.1 Å². The van der Waals surface area contributed by atoms with Crippen LogP contribution in [0.4, 0.5) is 0 Å². The average molecular weight is 351 g/mol. The summed E-state index contributed by atoms with van der Waals surface area (Å²) in [5.74, 6) is 0.414. The molecule has 134 valence electrons. The van der Waals surface area contributed by atoms with E-state index in [1.165, 1.54) is 4.68 Å². The van der Waals surface area contributed by atoms with Gasteiger partial charge >= 0.3 is 0 Å². The van der Waals surface area contributed by atoms with Gasteiger partial charge in [-0.15, -0.1) is 0 Å². The number of hydrogen-bond donors (Lipinski definition) is 1. The second-order valence-corrected chi connectivity index (χ2v) is 6.14. The lowest BCUT2D eigenvalue weighted by molar-refractivity contribution is -0.121. The van der Waals surface area contributed by atoms with Crippen LogP contribution in [0.25, 0.3) is 10.9 Å². The Balaban J connectivity index is 1.52. The molecule has 0 aliphatic heterocycles. The molecule has 0 spiro atoms. The van der Waals surface area contributed by atoms with Crippen LogP contribution in [0.15, 0.2) is 48.7 Å². The van der Waals surface area contributed by atoms with Crippen molar-refractivity contribution in [1.82, 2.24) is 15.1 Å². The number of nitrogens with one attached hydrogen (secondary N) is 1. The molecule has 2 aromatic carbocycles. The summed E-state index contributed by atoms with van der Waals surface area (Å²) in [7, 11) is 1.61. The molecule has 0 bridgehead atoms. The van der Waals surface area contributed by atoms with Gasteiger partial charge in [-0.1, -0.05) is 23.8 Å². The van der Waals surface area contributed by atoms with E-state index in [-0.39, 0.29) is 24.7 Å². The van der Waals surface area contributed by atoms with Crippen molar-refractivity contribution in [3.05, 3.63) is 59.8 Å². The molecule has 0 radical (unpaired) electrons. The minimum atomic E-state index is -0.191. The maximum atomic E-state index is 12.4. The number of fused-ring (bicyclic) bond motifs is 1. The zero-order valence-corrected chi connectivity index (χ0v) is 14.9. The Morgan fingerprint density at radius 1 is 1.12 bits per heavy atom. The van der Waals surface area contributed by atoms with Crippen LogP contribution in [-0.4, -0.2) is 28.7 Å². The van der Waals surface area contributed by atoms with E-state index in [4.69, 9.17) is 4.74 Å². The van der Waals surface area contributed by atoms with Crippen LogP contribution in [0, 0.1) is 6.92 Å². The fourth-order valence-electron chi connectivity index (χ4n) is 2.71. The number of benzene rings is 2. The second kappa shape index (κ2) is 7.82. The van der Waals surface area contributed by atoms with E-state index in [0.717, 1.165) is 27.8 Å². The van der Waals surface area contributed by atoms with Crippen molar-refractivity contribution in [2.24, 2.45) is 0 Å². The number of aryl methyl sites for hydroxylation is 1. The van der Waals surface area contributed by atoms with Crippen molar-refractivity contribution in [2.45, 2.75) is 26.3 Å². The van der Waals surface area contributed by atoms with E-state index in [0.29, 0.717) is 6.54 Å². The molecular weight excluding hydrogens is 330 g/mol. The molecule has 0 saturated carbocycles. The summed E-state index contributed by atoms with van der Waals surface area (Å²) in [6.45, 7) is 2.41. The van der Waals surface area contributed by atoms with Crippen molar-refractivity contribution in [3.8, 4) is 5.75 Å². The Morgan fingerprint density at radius 3 is 2.62 bits per heavy atom. The molecule has 0 aliphatic carbocycles. The molecular formula is C20H21N3O3. The van der Waals surface area contributed by atoms with E-state index in [9.17, 15) is 9.59 Å². The second-order valence-electron chi connectivity index (χ2n) is 6.14. The number of amides is 1. The van der Waals surface area contributed by atoms with Crippen LogP contribution < -0.4 is 10.1 Å². The van der Waals surface area contributed by atoms with Crippen molar-refractivity contribution < 1.29 is 14.3 Å². The number of carbonyl (C=O) groups is 2. The van der Waals surface area contributed by atoms with Crippen LogP contribution in [0.3, 0.4) is 0 Å². The SMILES string of the molecule is COc1ccc(CNC(=O)CCC(=O)n2ncc3cc(C)ccc32)cc1. The lowest BCUT2D eigenvalue weighted by Crippen LogP contribution is -2.24. The maximum Gasteiger partial charge on any atom is 0.247 e. The van der Waals surface area contributed by atoms with Gasteiger partial charge in [0.1, 0.15) is 5.75 Å². The maximum absolute atomic E-state index is 12.4. The topological polar surface area (TPSA) is 73.2 Å². The highest BCUT2D eigenvalue weighted by atomic mass is 16.5. The molecule has 1 amide bonds. The lowest BCUT2D eigenvalue weighted by atomic mass is 10.2. The van der Waals surface area contributed by atoms with Crippen LogP contribution in [0.1, 0.15) is 28.8 Å². The Labute approximate surface area is 151 Å². The monoisotopic (exact) mass is 351 g/mol. The van der Waals surface area contributed by atoms with Gasteiger partial charge in [0.15, 0.2) is 0 Å². The third kappa shape index (κ3) is 4.08. The average Bonchev–Trinajstić information content (AvgIpc) is 3.07. The number of rotatable bonds is 6. The van der Waals surface area contributed by atoms with Gasteiger partial charge in [-0.3, -0.25) is 9.59 Å². The Kier molecular flexibility index (Phi) is 5.31. The summed E-state index contributed by atoms with van der Waals surface area (Å²) in [6.07, 6.45) is 1.91. The van der Waals surface area contributed by atoms with Crippen molar-refractivity contribution in [2.75, 3.05) is 7.11 Å². The van der Waals surface area contributed by atoms with E-state index in [2.05, 4.69) is 10.4 Å². The summed E-state index contributed by atoms with van der Waals surface area (Å²) in [5, 5.41) is 7.89. The fourth-order valence-corrected chi connectivity index (χ4v) is 2.71. The standard InChI is InChI=1S/C20H21N3O3/c1-14-3-8-18-16(11-14)13-22-23(18)20(25)10-9-19(24)21-12-15-4-6-17(26-2)7-5-15/h3-8,11,13H,9-10,12H2,1-2H3,(H,21,24). The predicted molar refractivity (Wildman–Crippen MR) is 99.2 cm³/mol. The number of nitrogens with zero attached hydrogens (tertiary/aromatic N) is 2. The highest BCUT2D eigenvalue weighted by Crippen LogP contribution is 2.16. The normalized spacial score (nSPS) is 10.7. The van der Waals surface area contributed by atoms with Crippen molar-refractivity contribution in [3.63, 3.8) is 0 Å². The summed E-state index contributed by atoms with van der Waals surface area (Å²) < 4.78 is 6.47. The smallest absolute Gasteiger partial charge is 0.247 e. The molecule has 6 heteroatoms. The number of ether oxygens (including phenoxy) is 1. The minimum Gasteiger partial charge on any atom is -0.497 e. The zero-order valence-electron chi connectivity index (χ0n) is 14.9. The molecule has 6 nitrogen and oxygen atoms in total. The largest absolute Gasteiger partial charge is 0.497 e. The lowest BCUT2D eigenvalue weighted by Gasteiger charge is -2.07. The third-order valence-electron chi connectivity index (χ3n) is 4.17. The summed E-state index contributed by atoms with van der Waals surface area (Å²) >= 11 is 0. The quantitative estimate of drug-likeness (QED) is 0.741. The molecule has 1 heterocycles. The summed E-state index contributed by atoms with van der Waals surface area (Å²) in [6, 6.07) is 13.3. The highest BCUT2D eigenvalue weighted by molar-refractivity contribution is 5.92. The number of hydrogen-bond acceptors (Lipinski definition) is 4. The van der Waals surface area contributed by atoms with Gasteiger partial charge in [0.05, 0.1) is 18.8 Å². The predicted octanol–water partition coefficient (Wildman–Crippen LogP) is 3.09. The molecule has 0 unspecified atom stereocenters. The van der Waals surface area contributed by atoms with Gasteiger partial charge in [0.25, 0.3) is 0 Å². The van der Waals surface area contributed by atoms with Crippen LogP contribution in [0.2, 0.25) is 0 Å². The Bertz CT molecular complexity index is 929. The van der Waals surface area contributed by atoms with Crippen LogP contribution in [0.5, 0.6) is 5.75 Å². The van der Waals surface area contributed by atoms with E-state index >= 15 is 0 Å². The molecule has 0 fully saturated rings. The molecule has 3 rings (SSSR count). The van der Waals surface area contributed by atoms with Crippen LogP contribution in [-0.2, 0) is 11.3 Å². The first kappa shape index (κ1) is 17.7. The van der Waals surface area contributed by atoms with Gasteiger partial charge in [-0.25, -0.2) is 4.68 Å². The van der Waals surface area contributed by atoms with Gasteiger partial charge in [0.2, 0.25) is 11.8 Å². The Morgan fingerprint density at radius 2 is 1.88 bits per heavy atom. The molecule has 0 saturated heterocycles. The number of carbonyl (C=O) groups excluding carboxylic acids is 2. The van der Waals surface area contributed by atoms with E-state index in [1.807, 2.05) is 49.4 Å². The molecule has 0 atom stereocenters. The van der Waals surface area contributed by atoms with Crippen molar-refractivity contribution in [1.29, 1.82) is 0 Å². The summed E-state index contributed by atoms with van der Waals surface area (Å²) in [4.78, 5) is 24.4. The number of methoxy groups -OCH3 is 1. The van der Waals surface area contributed by atoms with Crippen LogP contribution >= 0.6 is 0 Å². The van der Waals surface area contributed by atoms with Gasteiger partial charge in [-0.05, 0) is 36.8 Å². The first-order valence-electron chi connectivity index (χ1n) is 8.44. The molecule has 26 heavy (non-hydrogen) atoms. The number of aromatic nitrogens is 2. The molecule has 1 N–H and O–H groups in total. The van der Waals surface area contributed by atoms with Crippen molar-refractivity contribution >= 4 is 22.7 Å². The third-order valence-corrected chi connectivity index (χ3v) is 4.17. The van der Waals surface area contributed by atoms with Gasteiger partial charge in [-0.2, -0.15) is 5.10 Å². The fraction of sp³-hybridized carbons (Fsp3) is 0.250. The minimum absolute atomic E-state index is 0.110. The zero-order chi connectivity index (χ0) is 18.5. The van der Waals surface area contributed by atoms with Gasteiger partial charge in [0, 0.05) is 24.8 Å². The first-order chi connectivity index (χ1) is 12.6. The summed E-state index contributed by atoms with van der Waals surface area (Å²) in [5.41, 5.74) is 2.85. The van der Waals surface area contributed by atoms with E-state index < -0.39 is 0 Å². The first-order valence-corrected chi connectivity index (χ1v) is 8.44. The molecule has 3 aromatic rings. The molecule has 0 aliphatic rings. The Hall–Kier alpha value is -3.15. The highest BCUT2D eigenvalue weighted by Gasteiger charge is 2.12. The van der Waals surface area contributed by atoms with E-state index in [1.54, 1.807) is 13.3 Å².